The maximum Gasteiger partial charge on any atom is 0.271 e. The molecule has 0 radical (unpaired) electrons. The molecule has 2 heterocycles. The molecule has 1 aliphatic heterocycles. The second-order valence-corrected chi connectivity index (χ2v) is 5.70. The van der Waals surface area contributed by atoms with E-state index >= 15 is 0 Å². The van der Waals surface area contributed by atoms with E-state index in [4.69, 9.17) is 0 Å². The van der Waals surface area contributed by atoms with Gasteiger partial charge in [0, 0.05) is 24.0 Å². The number of likely N-dealkylation sites (tertiary alicyclic amines) is 1. The van der Waals surface area contributed by atoms with Gasteiger partial charge in [0.15, 0.2) is 0 Å². The van der Waals surface area contributed by atoms with Crippen molar-refractivity contribution in [1.82, 2.24) is 9.88 Å². The Hall–Kier alpha value is -1.33. The number of carbonyl (C=O) groups excluding carboxylic acids is 1. The largest absolute Gasteiger partial charge is 0.391 e. The van der Waals surface area contributed by atoms with Gasteiger partial charge in [0.25, 0.3) is 5.91 Å². The molecule has 2 aromatic rings. The number of β-amino-alcohol motifs (C(OH)–C–C–N with tert-alkyl or cyclic N) is 1. The van der Waals surface area contributed by atoms with Crippen molar-refractivity contribution in [1.29, 1.82) is 0 Å². The summed E-state index contributed by atoms with van der Waals surface area (Å²) in [6.07, 6.45) is 1.23. The zero-order valence-corrected chi connectivity index (χ0v) is 12.0. The van der Waals surface area contributed by atoms with E-state index < -0.39 is 6.10 Å². The molecule has 0 saturated carbocycles. The van der Waals surface area contributed by atoms with E-state index in [2.05, 4.69) is 20.9 Å². The van der Waals surface area contributed by atoms with Gasteiger partial charge in [0.1, 0.15) is 5.69 Å². The third kappa shape index (κ3) is 2.28. The number of halogens is 1. The Morgan fingerprint density at radius 1 is 1.42 bits per heavy atom. The minimum atomic E-state index is -0.402. The molecule has 4 nitrogen and oxygen atoms in total. The molecule has 1 aliphatic rings. The number of aromatic amines is 1. The van der Waals surface area contributed by atoms with Crippen molar-refractivity contribution >= 4 is 32.7 Å². The van der Waals surface area contributed by atoms with Crippen molar-refractivity contribution in [2.75, 3.05) is 13.1 Å². The van der Waals surface area contributed by atoms with Gasteiger partial charge < -0.3 is 15.0 Å². The van der Waals surface area contributed by atoms with Crippen LogP contribution in [0.25, 0.3) is 10.9 Å². The molecular formula is C14H15BrN2O2. The van der Waals surface area contributed by atoms with Gasteiger partial charge in [-0.2, -0.15) is 0 Å². The number of aromatic nitrogens is 1. The van der Waals surface area contributed by atoms with Crippen LogP contribution >= 0.6 is 15.9 Å². The summed E-state index contributed by atoms with van der Waals surface area (Å²) in [6.45, 7) is 1.12. The summed E-state index contributed by atoms with van der Waals surface area (Å²) in [6, 6.07) is 7.80. The number of hydrogen-bond acceptors (Lipinski definition) is 2. The number of fused-ring (bicyclic) bond motifs is 1. The summed E-state index contributed by atoms with van der Waals surface area (Å²) in [4.78, 5) is 17.4. The minimum absolute atomic E-state index is 0.0539. The number of carbonyl (C=O) groups is 1. The lowest BCUT2D eigenvalue weighted by Crippen LogP contribution is -2.42. The molecule has 1 saturated heterocycles. The molecule has 0 spiro atoms. The molecule has 0 bridgehead atoms. The Labute approximate surface area is 119 Å². The fourth-order valence-electron chi connectivity index (χ4n) is 2.55. The highest BCUT2D eigenvalue weighted by Crippen LogP contribution is 2.29. The molecule has 1 atom stereocenters. The number of nitrogens with one attached hydrogen (secondary N) is 1. The van der Waals surface area contributed by atoms with Crippen molar-refractivity contribution in [3.05, 3.63) is 34.4 Å². The van der Waals surface area contributed by atoms with Crippen LogP contribution in [0.15, 0.2) is 28.7 Å². The lowest BCUT2D eigenvalue weighted by atomic mass is 10.1. The number of aliphatic hydroxyl groups excluding tert-OH is 1. The first-order valence-corrected chi connectivity index (χ1v) is 7.19. The molecule has 100 valence electrons. The van der Waals surface area contributed by atoms with Gasteiger partial charge >= 0.3 is 0 Å². The van der Waals surface area contributed by atoms with E-state index in [9.17, 15) is 9.90 Å². The van der Waals surface area contributed by atoms with E-state index in [1.54, 1.807) is 4.90 Å². The number of para-hydroxylation sites is 1. The maximum absolute atomic E-state index is 12.5. The number of aliphatic hydroxyl groups is 1. The predicted molar refractivity (Wildman–Crippen MR) is 77.1 cm³/mol. The Kier molecular flexibility index (Phi) is 3.33. The van der Waals surface area contributed by atoms with Crippen molar-refractivity contribution in [2.24, 2.45) is 0 Å². The van der Waals surface area contributed by atoms with Crippen LogP contribution in [0.2, 0.25) is 0 Å². The molecule has 1 aromatic carbocycles. The number of benzene rings is 1. The Balaban J connectivity index is 1.95. The topological polar surface area (TPSA) is 56.3 Å². The van der Waals surface area contributed by atoms with Gasteiger partial charge in [0.05, 0.1) is 10.6 Å². The average Bonchev–Trinajstić information content (AvgIpc) is 2.76. The number of H-pyrrole nitrogens is 1. The Morgan fingerprint density at radius 2 is 2.21 bits per heavy atom. The highest BCUT2D eigenvalue weighted by Gasteiger charge is 2.26. The summed E-state index contributed by atoms with van der Waals surface area (Å²) >= 11 is 3.49. The number of nitrogens with zero attached hydrogens (tertiary/aromatic N) is 1. The highest BCUT2D eigenvalue weighted by atomic mass is 79.9. The van der Waals surface area contributed by atoms with E-state index in [0.717, 1.165) is 28.2 Å². The van der Waals surface area contributed by atoms with Crippen LogP contribution in [0.4, 0.5) is 0 Å². The lowest BCUT2D eigenvalue weighted by molar-refractivity contribution is 0.0469. The first-order valence-electron chi connectivity index (χ1n) is 6.40. The van der Waals surface area contributed by atoms with Crippen molar-refractivity contribution in [3.8, 4) is 0 Å². The zero-order chi connectivity index (χ0) is 13.4. The molecule has 1 unspecified atom stereocenters. The molecule has 1 fully saturated rings. The number of piperidine rings is 1. The number of rotatable bonds is 1. The fraction of sp³-hybridized carbons (Fsp3) is 0.357. The van der Waals surface area contributed by atoms with Crippen LogP contribution in [0.5, 0.6) is 0 Å². The van der Waals surface area contributed by atoms with Gasteiger partial charge in [0.2, 0.25) is 0 Å². The summed E-state index contributed by atoms with van der Waals surface area (Å²) in [5, 5.41) is 10.7. The second kappa shape index (κ2) is 4.98. The predicted octanol–water partition coefficient (Wildman–Crippen LogP) is 2.53. The fourth-order valence-corrected chi connectivity index (χ4v) is 3.17. The molecule has 3 rings (SSSR count). The first-order chi connectivity index (χ1) is 9.16. The zero-order valence-electron chi connectivity index (χ0n) is 10.4. The maximum atomic E-state index is 12.5. The molecule has 2 N–H and O–H groups in total. The number of hydrogen-bond donors (Lipinski definition) is 2. The van der Waals surface area contributed by atoms with Crippen molar-refractivity contribution < 1.29 is 9.90 Å². The van der Waals surface area contributed by atoms with Crippen molar-refractivity contribution in [2.45, 2.75) is 18.9 Å². The molecule has 19 heavy (non-hydrogen) atoms. The van der Waals surface area contributed by atoms with Crippen LogP contribution in [0, 0.1) is 0 Å². The molecule has 1 amide bonds. The summed E-state index contributed by atoms with van der Waals surface area (Å²) < 4.78 is 0.799. The van der Waals surface area contributed by atoms with E-state index in [-0.39, 0.29) is 5.91 Å². The molecule has 5 heteroatoms. The van der Waals surface area contributed by atoms with Gasteiger partial charge in [-0.3, -0.25) is 4.79 Å². The van der Waals surface area contributed by atoms with Crippen molar-refractivity contribution in [3.63, 3.8) is 0 Å². The van der Waals surface area contributed by atoms with Crippen LogP contribution in [0.1, 0.15) is 23.3 Å². The smallest absolute Gasteiger partial charge is 0.271 e. The standard InChI is InChI=1S/C14H15BrN2O2/c15-12-10-5-1-2-6-11(10)16-13(12)14(19)17-7-3-4-9(18)8-17/h1-2,5-6,9,16,18H,3-4,7-8H2. The third-order valence-corrected chi connectivity index (χ3v) is 4.36. The summed E-state index contributed by atoms with van der Waals surface area (Å²) in [7, 11) is 0. The SMILES string of the molecule is O=C(c1[nH]c2ccccc2c1Br)N1CCCC(O)C1. The van der Waals surface area contributed by atoms with E-state index in [0.29, 0.717) is 18.8 Å². The quantitative estimate of drug-likeness (QED) is 0.847. The third-order valence-electron chi connectivity index (χ3n) is 3.54. The summed E-state index contributed by atoms with van der Waals surface area (Å²) in [5.74, 6) is -0.0539. The molecule has 1 aromatic heterocycles. The number of amides is 1. The van der Waals surface area contributed by atoms with Crippen LogP contribution in [-0.4, -0.2) is 40.1 Å². The Morgan fingerprint density at radius 3 is 2.95 bits per heavy atom. The van der Waals surface area contributed by atoms with Crippen LogP contribution < -0.4 is 0 Å². The van der Waals surface area contributed by atoms with E-state index in [1.807, 2.05) is 24.3 Å². The normalized spacial score (nSPS) is 19.9. The minimum Gasteiger partial charge on any atom is -0.391 e. The van der Waals surface area contributed by atoms with Gasteiger partial charge in [-0.15, -0.1) is 0 Å². The molecule has 0 aliphatic carbocycles. The van der Waals surface area contributed by atoms with Gasteiger partial charge in [-0.05, 0) is 34.8 Å². The highest BCUT2D eigenvalue weighted by molar-refractivity contribution is 9.10. The van der Waals surface area contributed by atoms with E-state index in [1.165, 1.54) is 0 Å². The second-order valence-electron chi connectivity index (χ2n) is 4.91. The lowest BCUT2D eigenvalue weighted by Gasteiger charge is -2.29. The van der Waals surface area contributed by atoms with Crippen LogP contribution in [-0.2, 0) is 0 Å². The average molecular weight is 323 g/mol. The monoisotopic (exact) mass is 322 g/mol. The van der Waals surface area contributed by atoms with Gasteiger partial charge in [-0.25, -0.2) is 0 Å². The molecular weight excluding hydrogens is 308 g/mol. The van der Waals surface area contributed by atoms with Crippen LogP contribution in [0.3, 0.4) is 0 Å². The first kappa shape index (κ1) is 12.7. The summed E-state index contributed by atoms with van der Waals surface area (Å²) in [5.41, 5.74) is 1.51. The Bertz CT molecular complexity index is 623. The van der Waals surface area contributed by atoms with Gasteiger partial charge in [-0.1, -0.05) is 18.2 Å².